The molecule has 0 spiro atoms. The van der Waals surface area contributed by atoms with Gasteiger partial charge in [0.25, 0.3) is 5.91 Å². The summed E-state index contributed by atoms with van der Waals surface area (Å²) in [5.74, 6) is -0.381. The molecule has 6 rings (SSSR count). The first-order chi connectivity index (χ1) is 23.0. The molecular formula is C37H32ClF3N2O4S. The molecule has 1 aliphatic carbocycles. The van der Waals surface area contributed by atoms with Crippen LogP contribution in [-0.2, 0) is 11.3 Å². The highest BCUT2D eigenvalue weighted by atomic mass is 35.5. The predicted molar refractivity (Wildman–Crippen MR) is 182 cm³/mol. The molecule has 2 amide bonds. The monoisotopic (exact) mass is 692 g/mol. The largest absolute Gasteiger partial charge is 0.451 e. The maximum atomic E-state index is 13.4. The van der Waals surface area contributed by atoms with Crippen molar-refractivity contribution < 1.29 is 27.2 Å². The van der Waals surface area contributed by atoms with Gasteiger partial charge in [-0.15, -0.1) is 0 Å². The number of carbonyl (C=O) groups excluding carboxylic acids is 2. The highest BCUT2D eigenvalue weighted by Crippen LogP contribution is 2.39. The molecule has 1 saturated carbocycles. The third-order valence-corrected chi connectivity index (χ3v) is 9.59. The summed E-state index contributed by atoms with van der Waals surface area (Å²) in [6, 6.07) is 20.0. The van der Waals surface area contributed by atoms with Gasteiger partial charge in [-0.3, -0.25) is 14.4 Å². The fourth-order valence-electron chi connectivity index (χ4n) is 6.31. The molecule has 6 nitrogen and oxygen atoms in total. The Morgan fingerprint density at radius 2 is 1.75 bits per heavy atom. The minimum Gasteiger partial charge on any atom is -0.451 e. The maximum absolute atomic E-state index is 13.4. The number of likely N-dealkylation sites (tertiary alicyclic amines) is 1. The molecule has 1 saturated heterocycles. The standard InChI is InChI=1S/C37H32ClF3N2O4S/c38-27-13-9-24(10-14-27)19-28(42-36(46)34-21-32(44)31-20-29(48-37(39,40)41)15-16-33(31)47-34)18-23-7-11-25(12-8-23)30-5-2-1-4-26(30)22-43-17-3-6-35(43)45/h1-2,4-5,9-10,13-16,18-21,25H,3,6-8,11-12,17,22H2,(H,42,46)/b23-18?,28-19-. The van der Waals surface area contributed by atoms with Crippen LogP contribution >= 0.6 is 23.4 Å². The molecule has 2 fully saturated rings. The third-order valence-electron chi connectivity index (χ3n) is 8.62. The molecule has 1 aliphatic heterocycles. The summed E-state index contributed by atoms with van der Waals surface area (Å²) in [4.78, 5) is 40.3. The van der Waals surface area contributed by atoms with Crippen molar-refractivity contribution in [1.82, 2.24) is 10.2 Å². The Bertz CT molecular complexity index is 1960. The molecule has 0 unspecified atom stereocenters. The second-order valence-corrected chi connectivity index (χ2v) is 13.6. The van der Waals surface area contributed by atoms with Crippen molar-refractivity contribution in [3.8, 4) is 0 Å². The van der Waals surface area contributed by atoms with Crippen LogP contribution in [0.1, 0.15) is 71.7 Å². The summed E-state index contributed by atoms with van der Waals surface area (Å²) < 4.78 is 44.2. The van der Waals surface area contributed by atoms with Gasteiger partial charge in [-0.2, -0.15) is 13.2 Å². The van der Waals surface area contributed by atoms with E-state index in [4.69, 9.17) is 16.0 Å². The number of fused-ring (bicyclic) bond motifs is 1. The van der Waals surface area contributed by atoms with Crippen molar-refractivity contribution in [3.05, 3.63) is 128 Å². The fourth-order valence-corrected chi connectivity index (χ4v) is 7.01. The lowest BCUT2D eigenvalue weighted by Gasteiger charge is -2.28. The number of benzene rings is 3. The topological polar surface area (TPSA) is 79.6 Å². The van der Waals surface area contributed by atoms with Crippen LogP contribution in [0.5, 0.6) is 0 Å². The van der Waals surface area contributed by atoms with E-state index in [0.717, 1.165) is 61.9 Å². The van der Waals surface area contributed by atoms with E-state index in [9.17, 15) is 27.6 Å². The van der Waals surface area contributed by atoms with Crippen molar-refractivity contribution in [2.45, 2.75) is 61.4 Å². The smallest absolute Gasteiger partial charge is 0.446 e. The molecule has 2 heterocycles. The van der Waals surface area contributed by atoms with Crippen LogP contribution in [0.2, 0.25) is 5.02 Å². The number of hydrogen-bond donors (Lipinski definition) is 1. The third kappa shape index (κ3) is 8.41. The molecule has 3 aromatic carbocycles. The Hall–Kier alpha value is -4.28. The summed E-state index contributed by atoms with van der Waals surface area (Å²) in [5, 5.41) is 3.38. The normalized spacial score (nSPS) is 17.2. The average molecular weight is 693 g/mol. The van der Waals surface area contributed by atoms with Gasteiger partial charge in [-0.25, -0.2) is 0 Å². The summed E-state index contributed by atoms with van der Waals surface area (Å²) in [6.45, 7) is 1.43. The lowest BCUT2D eigenvalue weighted by atomic mass is 9.79. The van der Waals surface area contributed by atoms with Crippen LogP contribution in [0.4, 0.5) is 13.2 Å². The quantitative estimate of drug-likeness (QED) is 0.186. The number of thioether (sulfide) groups is 1. The van der Waals surface area contributed by atoms with Gasteiger partial charge in [-0.1, -0.05) is 53.6 Å². The Kier molecular flexibility index (Phi) is 10.1. The van der Waals surface area contributed by atoms with Crippen LogP contribution in [0.15, 0.2) is 104 Å². The van der Waals surface area contributed by atoms with Crippen molar-refractivity contribution >= 4 is 52.2 Å². The van der Waals surface area contributed by atoms with E-state index in [2.05, 4.69) is 17.4 Å². The van der Waals surface area contributed by atoms with Crippen molar-refractivity contribution in [2.75, 3.05) is 6.54 Å². The van der Waals surface area contributed by atoms with Crippen molar-refractivity contribution in [3.63, 3.8) is 0 Å². The van der Waals surface area contributed by atoms with E-state index in [1.807, 2.05) is 35.2 Å². The number of amides is 2. The zero-order chi connectivity index (χ0) is 33.8. The zero-order valence-corrected chi connectivity index (χ0v) is 27.4. The van der Waals surface area contributed by atoms with Gasteiger partial charge in [0, 0.05) is 41.2 Å². The molecule has 1 N–H and O–H groups in total. The van der Waals surface area contributed by atoms with E-state index in [1.54, 1.807) is 18.2 Å². The first-order valence-corrected chi connectivity index (χ1v) is 16.9. The first kappa shape index (κ1) is 33.6. The van der Waals surface area contributed by atoms with Crippen LogP contribution in [-0.4, -0.2) is 28.8 Å². The lowest BCUT2D eigenvalue weighted by molar-refractivity contribution is -0.128. The van der Waals surface area contributed by atoms with E-state index < -0.39 is 16.8 Å². The number of nitrogens with one attached hydrogen (secondary N) is 1. The molecule has 4 aromatic rings. The Morgan fingerprint density at radius 1 is 1.00 bits per heavy atom. The zero-order valence-electron chi connectivity index (χ0n) is 25.8. The highest BCUT2D eigenvalue weighted by Gasteiger charge is 2.29. The van der Waals surface area contributed by atoms with E-state index >= 15 is 0 Å². The van der Waals surface area contributed by atoms with Gasteiger partial charge < -0.3 is 14.6 Å². The van der Waals surface area contributed by atoms with E-state index in [0.29, 0.717) is 29.6 Å². The first-order valence-electron chi connectivity index (χ1n) is 15.7. The molecule has 0 bridgehead atoms. The number of alkyl halides is 3. The Balaban J connectivity index is 1.21. The molecule has 11 heteroatoms. The van der Waals surface area contributed by atoms with Crippen molar-refractivity contribution in [2.24, 2.45) is 0 Å². The van der Waals surface area contributed by atoms with Crippen LogP contribution < -0.4 is 10.7 Å². The van der Waals surface area contributed by atoms with Gasteiger partial charge in [0.15, 0.2) is 11.2 Å². The Labute approximate surface area is 284 Å². The molecule has 0 radical (unpaired) electrons. The summed E-state index contributed by atoms with van der Waals surface area (Å²) in [6.07, 6.45) is 8.69. The number of nitrogens with zero attached hydrogens (tertiary/aromatic N) is 1. The van der Waals surface area contributed by atoms with E-state index in [-0.39, 0.29) is 39.3 Å². The second kappa shape index (κ2) is 14.5. The van der Waals surface area contributed by atoms with Gasteiger partial charge in [0.1, 0.15) is 5.58 Å². The number of rotatable bonds is 8. The SMILES string of the molecule is O=C(N/C(C=C1CCC(c2ccccc2CN2CCCC2=O)CC1)=C\c1ccc(Cl)cc1)c1cc(=O)c2cc(SC(F)(F)F)ccc2o1. The molecule has 0 atom stereocenters. The molecule has 48 heavy (non-hydrogen) atoms. The van der Waals surface area contributed by atoms with Gasteiger partial charge in [0.2, 0.25) is 5.91 Å². The summed E-state index contributed by atoms with van der Waals surface area (Å²) in [7, 11) is 0. The van der Waals surface area contributed by atoms with Crippen LogP contribution in [0.25, 0.3) is 17.0 Å². The fraction of sp³-hybridized carbons (Fsp3) is 0.270. The summed E-state index contributed by atoms with van der Waals surface area (Å²) >= 11 is 5.75. The number of carbonyl (C=O) groups is 2. The molecule has 2 aliphatic rings. The number of allylic oxidation sites excluding steroid dienone is 2. The van der Waals surface area contributed by atoms with Crippen LogP contribution in [0, 0.1) is 0 Å². The van der Waals surface area contributed by atoms with Gasteiger partial charge in [-0.05, 0) is 109 Å². The molecular weight excluding hydrogens is 661 g/mol. The number of hydrogen-bond acceptors (Lipinski definition) is 5. The minimum absolute atomic E-state index is 0.00783. The van der Waals surface area contributed by atoms with E-state index in [1.165, 1.54) is 23.3 Å². The highest BCUT2D eigenvalue weighted by molar-refractivity contribution is 8.00. The van der Waals surface area contributed by atoms with Crippen molar-refractivity contribution in [1.29, 1.82) is 0 Å². The summed E-state index contributed by atoms with van der Waals surface area (Å²) in [5.41, 5.74) is -0.232. The molecule has 248 valence electrons. The maximum Gasteiger partial charge on any atom is 0.446 e. The number of halogens is 4. The average Bonchev–Trinajstić information content (AvgIpc) is 3.46. The minimum atomic E-state index is -4.51. The van der Waals surface area contributed by atoms with Gasteiger partial charge in [0.05, 0.1) is 5.39 Å². The molecule has 1 aromatic heterocycles. The lowest BCUT2D eigenvalue weighted by Crippen LogP contribution is -2.25. The predicted octanol–water partition coefficient (Wildman–Crippen LogP) is 9.24. The second-order valence-electron chi connectivity index (χ2n) is 12.0. The van der Waals surface area contributed by atoms with Crippen LogP contribution in [0.3, 0.4) is 0 Å². The Morgan fingerprint density at radius 3 is 2.46 bits per heavy atom. The van der Waals surface area contributed by atoms with Gasteiger partial charge >= 0.3 is 5.51 Å².